The van der Waals surface area contributed by atoms with Crippen LogP contribution in [0.2, 0.25) is 0 Å². The second kappa shape index (κ2) is 5.29. The standard InChI is InChI=1S/C10H16N2O3S/c1-8(7-11)12-16(13,14)10-5-3-4-9(6-10)15-2/h3-6,8,12H,7,11H2,1-2H3. The van der Waals surface area contributed by atoms with E-state index in [1.54, 1.807) is 19.1 Å². The Hall–Kier alpha value is -1.11. The Morgan fingerprint density at radius 1 is 1.50 bits per heavy atom. The van der Waals surface area contributed by atoms with Crippen LogP contribution in [0.25, 0.3) is 0 Å². The van der Waals surface area contributed by atoms with Crippen molar-refractivity contribution < 1.29 is 13.2 Å². The molecule has 0 bridgehead atoms. The Morgan fingerprint density at radius 2 is 2.19 bits per heavy atom. The van der Waals surface area contributed by atoms with Gasteiger partial charge < -0.3 is 10.5 Å². The summed E-state index contributed by atoms with van der Waals surface area (Å²) in [6.07, 6.45) is 0. The molecule has 16 heavy (non-hydrogen) atoms. The molecule has 0 aliphatic carbocycles. The number of rotatable bonds is 5. The highest BCUT2D eigenvalue weighted by Gasteiger charge is 2.16. The number of nitrogens with two attached hydrogens (primary N) is 1. The minimum atomic E-state index is -3.51. The summed E-state index contributed by atoms with van der Waals surface area (Å²) in [7, 11) is -2.03. The van der Waals surface area contributed by atoms with Gasteiger partial charge in [-0.3, -0.25) is 0 Å². The first-order valence-electron chi connectivity index (χ1n) is 4.86. The predicted molar refractivity (Wildman–Crippen MR) is 61.8 cm³/mol. The second-order valence-electron chi connectivity index (χ2n) is 3.44. The first kappa shape index (κ1) is 13.0. The molecule has 0 spiro atoms. The number of ether oxygens (including phenoxy) is 1. The summed E-state index contributed by atoms with van der Waals surface area (Å²) in [4.78, 5) is 0.173. The fourth-order valence-corrected chi connectivity index (χ4v) is 2.44. The zero-order valence-electron chi connectivity index (χ0n) is 9.30. The molecule has 1 rings (SSSR count). The van der Waals surface area contributed by atoms with Crippen LogP contribution < -0.4 is 15.2 Å². The van der Waals surface area contributed by atoms with Gasteiger partial charge in [-0.1, -0.05) is 6.07 Å². The van der Waals surface area contributed by atoms with E-state index in [0.717, 1.165) is 0 Å². The minimum absolute atomic E-state index is 0.173. The van der Waals surface area contributed by atoms with Crippen molar-refractivity contribution in [3.05, 3.63) is 24.3 Å². The van der Waals surface area contributed by atoms with Crippen molar-refractivity contribution >= 4 is 10.0 Å². The molecule has 0 aliphatic heterocycles. The number of hydrogen-bond acceptors (Lipinski definition) is 4. The molecule has 90 valence electrons. The summed E-state index contributed by atoms with van der Waals surface area (Å²) in [5.41, 5.74) is 5.36. The predicted octanol–water partition coefficient (Wildman–Crippen LogP) is 0.321. The van der Waals surface area contributed by atoms with Crippen LogP contribution in [0.3, 0.4) is 0 Å². The van der Waals surface area contributed by atoms with Gasteiger partial charge in [-0.25, -0.2) is 13.1 Å². The third-order valence-corrected chi connectivity index (χ3v) is 3.65. The summed E-state index contributed by atoms with van der Waals surface area (Å²) in [6, 6.07) is 5.99. The maximum Gasteiger partial charge on any atom is 0.240 e. The molecule has 0 amide bonds. The Labute approximate surface area is 95.7 Å². The molecule has 0 heterocycles. The first-order valence-corrected chi connectivity index (χ1v) is 6.34. The fraction of sp³-hybridized carbons (Fsp3) is 0.400. The van der Waals surface area contributed by atoms with Crippen molar-refractivity contribution in [2.75, 3.05) is 13.7 Å². The number of benzene rings is 1. The lowest BCUT2D eigenvalue weighted by atomic mass is 10.3. The number of methoxy groups -OCH3 is 1. The van der Waals surface area contributed by atoms with E-state index in [9.17, 15) is 8.42 Å². The molecular weight excluding hydrogens is 228 g/mol. The van der Waals surface area contributed by atoms with Crippen molar-refractivity contribution in [2.45, 2.75) is 17.9 Å². The van der Waals surface area contributed by atoms with E-state index < -0.39 is 10.0 Å². The molecule has 0 aromatic heterocycles. The van der Waals surface area contributed by atoms with Crippen LogP contribution in [0.15, 0.2) is 29.2 Å². The van der Waals surface area contributed by atoms with E-state index in [0.29, 0.717) is 5.75 Å². The minimum Gasteiger partial charge on any atom is -0.497 e. The van der Waals surface area contributed by atoms with Gasteiger partial charge >= 0.3 is 0 Å². The lowest BCUT2D eigenvalue weighted by Gasteiger charge is -2.12. The van der Waals surface area contributed by atoms with E-state index in [-0.39, 0.29) is 17.5 Å². The van der Waals surface area contributed by atoms with Crippen LogP contribution >= 0.6 is 0 Å². The highest BCUT2D eigenvalue weighted by atomic mass is 32.2. The third kappa shape index (κ3) is 3.19. The smallest absolute Gasteiger partial charge is 0.240 e. The Kier molecular flexibility index (Phi) is 4.28. The quantitative estimate of drug-likeness (QED) is 0.781. The number of sulfonamides is 1. The van der Waals surface area contributed by atoms with Gasteiger partial charge in [0.2, 0.25) is 10.0 Å². The van der Waals surface area contributed by atoms with Gasteiger partial charge in [0.1, 0.15) is 5.75 Å². The number of nitrogens with one attached hydrogen (secondary N) is 1. The molecule has 1 atom stereocenters. The topological polar surface area (TPSA) is 81.4 Å². The Balaban J connectivity index is 2.98. The van der Waals surface area contributed by atoms with Crippen molar-refractivity contribution in [3.63, 3.8) is 0 Å². The van der Waals surface area contributed by atoms with E-state index >= 15 is 0 Å². The van der Waals surface area contributed by atoms with Gasteiger partial charge in [-0.15, -0.1) is 0 Å². The lowest BCUT2D eigenvalue weighted by molar-refractivity contribution is 0.413. The van der Waals surface area contributed by atoms with Crippen molar-refractivity contribution in [1.29, 1.82) is 0 Å². The molecular formula is C10H16N2O3S. The van der Waals surface area contributed by atoms with E-state index in [2.05, 4.69) is 4.72 Å². The van der Waals surface area contributed by atoms with Gasteiger partial charge in [0.15, 0.2) is 0 Å². The summed E-state index contributed by atoms with van der Waals surface area (Å²) in [6.45, 7) is 1.96. The molecule has 0 radical (unpaired) electrons. The van der Waals surface area contributed by atoms with Gasteiger partial charge in [0, 0.05) is 18.7 Å². The van der Waals surface area contributed by atoms with E-state index in [1.165, 1.54) is 19.2 Å². The van der Waals surface area contributed by atoms with Crippen LogP contribution in [-0.2, 0) is 10.0 Å². The molecule has 1 aromatic rings. The van der Waals surface area contributed by atoms with Crippen LogP contribution in [0.1, 0.15) is 6.92 Å². The monoisotopic (exact) mass is 244 g/mol. The maximum absolute atomic E-state index is 11.8. The molecule has 5 nitrogen and oxygen atoms in total. The van der Waals surface area contributed by atoms with E-state index in [4.69, 9.17) is 10.5 Å². The molecule has 1 unspecified atom stereocenters. The molecule has 3 N–H and O–H groups in total. The van der Waals surface area contributed by atoms with Gasteiger partial charge in [0.25, 0.3) is 0 Å². The van der Waals surface area contributed by atoms with Gasteiger partial charge in [0.05, 0.1) is 12.0 Å². The molecule has 0 fully saturated rings. The van der Waals surface area contributed by atoms with Crippen LogP contribution in [-0.4, -0.2) is 28.1 Å². The Bertz CT molecular complexity index is 445. The zero-order chi connectivity index (χ0) is 12.2. The fourth-order valence-electron chi connectivity index (χ4n) is 1.15. The average Bonchev–Trinajstić information content (AvgIpc) is 2.28. The third-order valence-electron chi connectivity index (χ3n) is 2.06. The van der Waals surface area contributed by atoms with Crippen LogP contribution in [0.5, 0.6) is 5.75 Å². The van der Waals surface area contributed by atoms with Crippen molar-refractivity contribution in [2.24, 2.45) is 5.73 Å². The number of hydrogen-bond donors (Lipinski definition) is 2. The largest absolute Gasteiger partial charge is 0.497 e. The molecule has 1 aromatic carbocycles. The zero-order valence-corrected chi connectivity index (χ0v) is 10.1. The molecule has 0 saturated heterocycles. The summed E-state index contributed by atoms with van der Waals surface area (Å²) in [5.74, 6) is 0.503. The van der Waals surface area contributed by atoms with Crippen LogP contribution in [0.4, 0.5) is 0 Å². The molecule has 0 aliphatic rings. The summed E-state index contributed by atoms with van der Waals surface area (Å²) in [5, 5.41) is 0. The van der Waals surface area contributed by atoms with Crippen molar-refractivity contribution in [1.82, 2.24) is 4.72 Å². The molecule has 0 saturated carbocycles. The normalized spacial score (nSPS) is 13.4. The average molecular weight is 244 g/mol. The van der Waals surface area contributed by atoms with Crippen molar-refractivity contribution in [3.8, 4) is 5.75 Å². The Morgan fingerprint density at radius 3 is 2.75 bits per heavy atom. The van der Waals surface area contributed by atoms with Crippen LogP contribution in [0, 0.1) is 0 Å². The molecule has 6 heteroatoms. The maximum atomic E-state index is 11.8. The lowest BCUT2D eigenvalue weighted by Crippen LogP contribution is -2.37. The van der Waals surface area contributed by atoms with E-state index in [1.807, 2.05) is 0 Å². The second-order valence-corrected chi connectivity index (χ2v) is 5.15. The first-order chi connectivity index (χ1) is 7.49. The highest BCUT2D eigenvalue weighted by molar-refractivity contribution is 7.89. The van der Waals surface area contributed by atoms with Gasteiger partial charge in [-0.05, 0) is 19.1 Å². The summed E-state index contributed by atoms with van der Waals surface area (Å²) < 4.78 is 31.1. The van der Waals surface area contributed by atoms with Gasteiger partial charge in [-0.2, -0.15) is 0 Å². The SMILES string of the molecule is COc1cccc(S(=O)(=O)NC(C)CN)c1. The summed E-state index contributed by atoms with van der Waals surface area (Å²) >= 11 is 0. The highest BCUT2D eigenvalue weighted by Crippen LogP contribution is 2.16.